The van der Waals surface area contributed by atoms with Crippen LogP contribution in [0.15, 0.2) is 22.9 Å². The second-order valence-corrected chi connectivity index (χ2v) is 6.58. The second kappa shape index (κ2) is 6.62. The van der Waals surface area contributed by atoms with E-state index in [2.05, 4.69) is 20.9 Å². The Balaban J connectivity index is 1.96. The molecule has 0 amide bonds. The maximum absolute atomic E-state index is 12.3. The van der Waals surface area contributed by atoms with Crippen LogP contribution in [0.25, 0.3) is 0 Å². The van der Waals surface area contributed by atoms with Crippen LogP contribution in [0.1, 0.15) is 44.1 Å². The maximum Gasteiger partial charge on any atom is 0.137 e. The first-order valence-corrected chi connectivity index (χ1v) is 7.74. The molecule has 4 heteroatoms. The number of hydrogen-bond acceptors (Lipinski definition) is 3. The number of ketones is 1. The molecule has 0 saturated heterocycles. The van der Waals surface area contributed by atoms with Crippen LogP contribution in [0.3, 0.4) is 0 Å². The lowest BCUT2D eigenvalue weighted by Gasteiger charge is -2.35. The summed E-state index contributed by atoms with van der Waals surface area (Å²) in [4.78, 5) is 16.4. The van der Waals surface area contributed by atoms with Gasteiger partial charge in [-0.2, -0.15) is 0 Å². The molecule has 19 heavy (non-hydrogen) atoms. The minimum atomic E-state index is 0.0643. The van der Waals surface area contributed by atoms with Crippen molar-refractivity contribution in [1.82, 2.24) is 4.98 Å². The van der Waals surface area contributed by atoms with Gasteiger partial charge >= 0.3 is 0 Å². The highest BCUT2D eigenvalue weighted by molar-refractivity contribution is 9.10. The van der Waals surface area contributed by atoms with Crippen molar-refractivity contribution in [2.45, 2.75) is 44.9 Å². The molecule has 0 bridgehead atoms. The van der Waals surface area contributed by atoms with Gasteiger partial charge in [0.15, 0.2) is 0 Å². The minimum Gasteiger partial charge on any atom is -0.330 e. The topological polar surface area (TPSA) is 56.0 Å². The fraction of sp³-hybridized carbons (Fsp3) is 0.600. The molecule has 2 N–H and O–H groups in total. The van der Waals surface area contributed by atoms with E-state index in [1.165, 1.54) is 19.3 Å². The summed E-state index contributed by atoms with van der Waals surface area (Å²) in [5.74, 6) is 0.284. The van der Waals surface area contributed by atoms with E-state index in [0.717, 1.165) is 22.9 Å². The number of nitrogens with zero attached hydrogens (tertiary/aromatic N) is 1. The lowest BCUT2D eigenvalue weighted by atomic mass is 9.70. The third-order valence-electron chi connectivity index (χ3n) is 4.08. The summed E-state index contributed by atoms with van der Waals surface area (Å²) in [5, 5.41) is 0. The fourth-order valence-corrected chi connectivity index (χ4v) is 3.43. The molecular formula is C15H21BrN2O. The van der Waals surface area contributed by atoms with E-state index in [4.69, 9.17) is 5.73 Å². The van der Waals surface area contributed by atoms with Gasteiger partial charge in [0.1, 0.15) is 5.78 Å². The Hall–Kier alpha value is -0.740. The molecule has 1 fully saturated rings. The SMILES string of the molecule is NCC1(CC(=O)Cc2cncc(Br)c2)CCCCC1. The Morgan fingerprint density at radius 2 is 2.05 bits per heavy atom. The normalized spacial score (nSPS) is 18.2. The Labute approximate surface area is 123 Å². The maximum atomic E-state index is 12.3. The zero-order valence-electron chi connectivity index (χ0n) is 11.2. The number of pyridine rings is 1. The summed E-state index contributed by atoms with van der Waals surface area (Å²) in [6.07, 6.45) is 10.5. The quantitative estimate of drug-likeness (QED) is 0.904. The molecule has 1 aromatic heterocycles. The Kier molecular flexibility index (Phi) is 5.11. The summed E-state index contributed by atoms with van der Waals surface area (Å²) in [6, 6.07) is 1.96. The lowest BCUT2D eigenvalue weighted by Crippen LogP contribution is -2.35. The first kappa shape index (κ1) is 14.7. The van der Waals surface area contributed by atoms with E-state index in [-0.39, 0.29) is 11.2 Å². The predicted octanol–water partition coefficient (Wildman–Crippen LogP) is 3.26. The van der Waals surface area contributed by atoms with Crippen LogP contribution in [0.5, 0.6) is 0 Å². The van der Waals surface area contributed by atoms with E-state index in [1.807, 2.05) is 6.07 Å². The van der Waals surface area contributed by atoms with E-state index in [9.17, 15) is 4.79 Å². The highest BCUT2D eigenvalue weighted by Gasteiger charge is 2.32. The molecule has 0 aliphatic heterocycles. The molecule has 1 heterocycles. The molecule has 1 saturated carbocycles. The number of nitrogens with two attached hydrogens (primary N) is 1. The molecule has 104 valence electrons. The van der Waals surface area contributed by atoms with Crippen LogP contribution < -0.4 is 5.73 Å². The van der Waals surface area contributed by atoms with E-state index >= 15 is 0 Å². The minimum absolute atomic E-state index is 0.0643. The van der Waals surface area contributed by atoms with Crippen molar-refractivity contribution in [1.29, 1.82) is 0 Å². The molecule has 2 rings (SSSR count). The molecule has 3 nitrogen and oxygen atoms in total. The van der Waals surface area contributed by atoms with Crippen LogP contribution in [-0.4, -0.2) is 17.3 Å². The summed E-state index contributed by atoms with van der Waals surface area (Å²) < 4.78 is 0.920. The van der Waals surface area contributed by atoms with Crippen molar-refractivity contribution in [2.75, 3.05) is 6.54 Å². The van der Waals surface area contributed by atoms with Crippen molar-refractivity contribution in [3.05, 3.63) is 28.5 Å². The third-order valence-corrected chi connectivity index (χ3v) is 4.52. The van der Waals surface area contributed by atoms with E-state index < -0.39 is 0 Å². The van der Waals surface area contributed by atoms with Crippen LogP contribution in [0.4, 0.5) is 0 Å². The van der Waals surface area contributed by atoms with Crippen LogP contribution in [0, 0.1) is 5.41 Å². The van der Waals surface area contributed by atoms with E-state index in [1.54, 1.807) is 12.4 Å². The van der Waals surface area contributed by atoms with Gasteiger partial charge in [-0.15, -0.1) is 0 Å². The summed E-state index contributed by atoms with van der Waals surface area (Å²) >= 11 is 3.38. The molecule has 0 spiro atoms. The van der Waals surface area contributed by atoms with Crippen molar-refractivity contribution >= 4 is 21.7 Å². The zero-order valence-corrected chi connectivity index (χ0v) is 12.8. The number of hydrogen-bond donors (Lipinski definition) is 1. The number of Topliss-reactive ketones (excluding diaryl/α,β-unsaturated/α-hetero) is 1. The van der Waals surface area contributed by atoms with Gasteiger partial charge in [-0.3, -0.25) is 9.78 Å². The smallest absolute Gasteiger partial charge is 0.137 e. The summed E-state index contributed by atoms with van der Waals surface area (Å²) in [6.45, 7) is 0.634. The number of halogens is 1. The van der Waals surface area contributed by atoms with Crippen molar-refractivity contribution in [3.8, 4) is 0 Å². The van der Waals surface area contributed by atoms with Crippen LogP contribution in [-0.2, 0) is 11.2 Å². The molecular weight excluding hydrogens is 304 g/mol. The Bertz CT molecular complexity index is 442. The second-order valence-electron chi connectivity index (χ2n) is 5.67. The lowest BCUT2D eigenvalue weighted by molar-refractivity contribution is -0.121. The molecule has 1 aromatic rings. The monoisotopic (exact) mass is 324 g/mol. The average Bonchev–Trinajstić information content (AvgIpc) is 2.39. The van der Waals surface area contributed by atoms with Crippen molar-refractivity contribution in [2.24, 2.45) is 11.1 Å². The molecule has 0 aromatic carbocycles. The number of aromatic nitrogens is 1. The summed E-state index contributed by atoms with van der Waals surface area (Å²) in [5.41, 5.74) is 6.97. The number of carbonyl (C=O) groups excluding carboxylic acids is 1. The third kappa shape index (κ3) is 4.11. The van der Waals surface area contributed by atoms with Gasteiger partial charge in [-0.1, -0.05) is 19.3 Å². The average molecular weight is 325 g/mol. The fourth-order valence-electron chi connectivity index (χ4n) is 3.02. The van der Waals surface area contributed by atoms with Crippen molar-refractivity contribution in [3.63, 3.8) is 0 Å². The molecule has 0 unspecified atom stereocenters. The standard InChI is InChI=1S/C15H21BrN2O/c16-13-6-12(9-18-10-13)7-14(19)8-15(11-17)4-2-1-3-5-15/h6,9-10H,1-5,7-8,11,17H2. The van der Waals surface area contributed by atoms with Gasteiger partial charge in [0.25, 0.3) is 0 Å². The van der Waals surface area contributed by atoms with Crippen LogP contribution >= 0.6 is 15.9 Å². The first-order chi connectivity index (χ1) is 9.13. The van der Waals surface area contributed by atoms with Gasteiger partial charge in [-0.25, -0.2) is 0 Å². The summed E-state index contributed by atoms with van der Waals surface area (Å²) in [7, 11) is 0. The van der Waals surface area contributed by atoms with Crippen LogP contribution in [0.2, 0.25) is 0 Å². The largest absolute Gasteiger partial charge is 0.330 e. The molecule has 0 radical (unpaired) electrons. The number of rotatable bonds is 5. The van der Waals surface area contributed by atoms with Crippen molar-refractivity contribution < 1.29 is 4.79 Å². The zero-order chi connectivity index (χ0) is 13.7. The van der Waals surface area contributed by atoms with Gasteiger partial charge in [0.2, 0.25) is 0 Å². The Morgan fingerprint density at radius 1 is 1.32 bits per heavy atom. The molecule has 1 aliphatic carbocycles. The van der Waals surface area contributed by atoms with Gasteiger partial charge in [0, 0.05) is 29.7 Å². The predicted molar refractivity (Wildman–Crippen MR) is 79.8 cm³/mol. The number of carbonyl (C=O) groups is 1. The van der Waals surface area contributed by atoms with E-state index in [0.29, 0.717) is 19.4 Å². The highest BCUT2D eigenvalue weighted by atomic mass is 79.9. The first-order valence-electron chi connectivity index (χ1n) is 6.95. The molecule has 0 atom stereocenters. The van der Waals surface area contributed by atoms with Gasteiger partial charge in [-0.05, 0) is 52.4 Å². The van der Waals surface area contributed by atoms with Gasteiger partial charge < -0.3 is 5.73 Å². The Morgan fingerprint density at radius 3 is 2.68 bits per heavy atom. The molecule has 1 aliphatic rings. The highest BCUT2D eigenvalue weighted by Crippen LogP contribution is 2.38. The van der Waals surface area contributed by atoms with Gasteiger partial charge in [0.05, 0.1) is 0 Å².